The standard InChI is InChI=1S/C19H21NO2/c1-2-10-7-11-8-15-17-13(5-6-20-18(10)19(11,15)20)14-9-12(21)3-4-16(14)22-17/h3-4,9-11,15,18,21H,2,5-8H2,1H3. The lowest BCUT2D eigenvalue weighted by Gasteiger charge is -2.43. The number of aromatic hydroxyl groups is 1. The van der Waals surface area contributed by atoms with E-state index >= 15 is 0 Å². The van der Waals surface area contributed by atoms with E-state index in [2.05, 4.69) is 11.8 Å². The summed E-state index contributed by atoms with van der Waals surface area (Å²) in [6, 6.07) is 6.38. The Morgan fingerprint density at radius 2 is 2.27 bits per heavy atom. The van der Waals surface area contributed by atoms with E-state index in [0.29, 0.717) is 17.2 Å². The zero-order valence-corrected chi connectivity index (χ0v) is 12.9. The molecule has 3 fully saturated rings. The summed E-state index contributed by atoms with van der Waals surface area (Å²) >= 11 is 0. The Labute approximate surface area is 129 Å². The number of nitrogens with zero attached hydrogens (tertiary/aromatic N) is 1. The van der Waals surface area contributed by atoms with Crippen LogP contribution in [0.3, 0.4) is 0 Å². The molecule has 1 spiro atoms. The highest BCUT2D eigenvalue weighted by Gasteiger charge is 2.81. The fraction of sp³-hybridized carbons (Fsp3) is 0.579. The largest absolute Gasteiger partial charge is 0.508 e. The highest BCUT2D eigenvalue weighted by atomic mass is 16.3. The first-order valence-corrected chi connectivity index (χ1v) is 8.76. The van der Waals surface area contributed by atoms with E-state index in [1.165, 1.54) is 37.1 Å². The van der Waals surface area contributed by atoms with E-state index < -0.39 is 0 Å². The van der Waals surface area contributed by atoms with E-state index in [4.69, 9.17) is 4.42 Å². The summed E-state index contributed by atoms with van der Waals surface area (Å²) in [6.45, 7) is 3.53. The van der Waals surface area contributed by atoms with Crippen molar-refractivity contribution in [1.82, 2.24) is 4.90 Å². The maximum atomic E-state index is 9.82. The monoisotopic (exact) mass is 295 g/mol. The molecule has 1 N–H and O–H groups in total. The van der Waals surface area contributed by atoms with Crippen LogP contribution in [0.5, 0.6) is 5.75 Å². The Balaban J connectivity index is 1.53. The number of piperidine rings is 1. The van der Waals surface area contributed by atoms with E-state index in [1.807, 2.05) is 12.1 Å². The Hall–Kier alpha value is -1.48. The first-order valence-electron chi connectivity index (χ1n) is 8.76. The molecular weight excluding hydrogens is 274 g/mol. The highest BCUT2D eigenvalue weighted by molar-refractivity contribution is 5.84. The van der Waals surface area contributed by atoms with Gasteiger partial charge in [-0.05, 0) is 49.3 Å². The smallest absolute Gasteiger partial charge is 0.134 e. The number of phenols is 1. The summed E-state index contributed by atoms with van der Waals surface area (Å²) in [5.41, 5.74) is 2.79. The summed E-state index contributed by atoms with van der Waals surface area (Å²) in [5, 5.41) is 11.0. The van der Waals surface area contributed by atoms with E-state index in [9.17, 15) is 5.11 Å². The van der Waals surface area contributed by atoms with E-state index in [1.54, 1.807) is 6.07 Å². The average molecular weight is 295 g/mol. The lowest BCUT2D eigenvalue weighted by Crippen LogP contribution is -2.45. The van der Waals surface area contributed by atoms with Crippen molar-refractivity contribution in [3.05, 3.63) is 29.5 Å². The number of furan rings is 1. The van der Waals surface area contributed by atoms with Gasteiger partial charge < -0.3 is 9.52 Å². The predicted octanol–water partition coefficient (Wildman–Crippen LogP) is 3.65. The van der Waals surface area contributed by atoms with Crippen LogP contribution in [0.25, 0.3) is 11.0 Å². The zero-order valence-electron chi connectivity index (χ0n) is 12.9. The molecular formula is C19H21NO2. The van der Waals surface area contributed by atoms with Gasteiger partial charge in [0, 0.05) is 35.0 Å². The fourth-order valence-corrected chi connectivity index (χ4v) is 6.45. The van der Waals surface area contributed by atoms with Crippen molar-refractivity contribution in [2.45, 2.75) is 50.1 Å². The first-order chi connectivity index (χ1) is 10.7. The molecule has 1 aromatic heterocycles. The zero-order chi connectivity index (χ0) is 14.6. The maximum absolute atomic E-state index is 9.82. The van der Waals surface area contributed by atoms with Gasteiger partial charge >= 0.3 is 0 Å². The summed E-state index contributed by atoms with van der Waals surface area (Å²) in [4.78, 5) is 2.80. The molecule has 0 radical (unpaired) electrons. The topological polar surface area (TPSA) is 36.4 Å². The quantitative estimate of drug-likeness (QED) is 0.816. The van der Waals surface area contributed by atoms with Crippen LogP contribution in [-0.4, -0.2) is 28.1 Å². The number of fused-ring (bicyclic) bond motifs is 5. The summed E-state index contributed by atoms with van der Waals surface area (Å²) < 4.78 is 6.31. The molecule has 2 aliphatic carbocycles. The van der Waals surface area contributed by atoms with Gasteiger partial charge in [0.1, 0.15) is 17.1 Å². The van der Waals surface area contributed by atoms with Gasteiger partial charge in [-0.1, -0.05) is 13.3 Å². The predicted molar refractivity (Wildman–Crippen MR) is 84.1 cm³/mol. The first kappa shape index (κ1) is 12.0. The van der Waals surface area contributed by atoms with Crippen molar-refractivity contribution in [1.29, 1.82) is 0 Å². The fourth-order valence-electron chi connectivity index (χ4n) is 6.45. The van der Waals surface area contributed by atoms with Gasteiger partial charge in [-0.15, -0.1) is 0 Å². The van der Waals surface area contributed by atoms with Crippen molar-refractivity contribution < 1.29 is 9.52 Å². The van der Waals surface area contributed by atoms with Gasteiger partial charge in [0.15, 0.2) is 0 Å². The normalized spacial score (nSPS) is 44.0. The molecule has 6 rings (SSSR count). The Kier molecular flexibility index (Phi) is 1.93. The van der Waals surface area contributed by atoms with Crippen molar-refractivity contribution in [3.8, 4) is 5.75 Å². The number of rotatable bonds is 1. The van der Waals surface area contributed by atoms with Gasteiger partial charge in [0.25, 0.3) is 0 Å². The van der Waals surface area contributed by atoms with Gasteiger partial charge in [-0.2, -0.15) is 0 Å². The maximum Gasteiger partial charge on any atom is 0.134 e. The minimum Gasteiger partial charge on any atom is -0.508 e. The Morgan fingerprint density at radius 3 is 3.14 bits per heavy atom. The van der Waals surface area contributed by atoms with Gasteiger partial charge in [0.05, 0.1) is 0 Å². The van der Waals surface area contributed by atoms with Crippen LogP contribution < -0.4 is 0 Å². The molecule has 1 saturated heterocycles. The molecule has 3 nitrogen and oxygen atoms in total. The molecule has 4 aliphatic rings. The molecule has 2 aromatic rings. The third-order valence-corrected chi connectivity index (χ3v) is 7.25. The number of hydrogen-bond acceptors (Lipinski definition) is 3. The number of phenolic OH excluding ortho intramolecular Hbond substituents is 1. The molecule has 1 aromatic carbocycles. The van der Waals surface area contributed by atoms with Crippen LogP contribution in [-0.2, 0) is 6.42 Å². The minimum absolute atomic E-state index is 0.347. The molecule has 3 heteroatoms. The highest BCUT2D eigenvalue weighted by Crippen LogP contribution is 2.75. The number of benzene rings is 1. The second-order valence-corrected chi connectivity index (χ2v) is 7.79. The van der Waals surface area contributed by atoms with Gasteiger partial charge in [-0.25, -0.2) is 0 Å². The van der Waals surface area contributed by atoms with Crippen LogP contribution >= 0.6 is 0 Å². The van der Waals surface area contributed by atoms with E-state index in [0.717, 1.165) is 35.3 Å². The lowest BCUT2D eigenvalue weighted by atomic mass is 9.63. The van der Waals surface area contributed by atoms with Crippen molar-refractivity contribution in [2.24, 2.45) is 11.8 Å². The summed E-state index contributed by atoms with van der Waals surface area (Å²) in [6.07, 6.45) is 5.14. The molecule has 6 atom stereocenters. The SMILES string of the molecule is CCC1CC2CC3c4oc5ccc(O)cc5c4CCN4C1C234. The molecule has 22 heavy (non-hydrogen) atoms. The van der Waals surface area contributed by atoms with Crippen LogP contribution in [0.2, 0.25) is 0 Å². The molecule has 0 amide bonds. The Morgan fingerprint density at radius 1 is 1.36 bits per heavy atom. The molecule has 114 valence electrons. The van der Waals surface area contributed by atoms with Crippen molar-refractivity contribution >= 4 is 11.0 Å². The second-order valence-electron chi connectivity index (χ2n) is 7.79. The molecule has 2 saturated carbocycles. The summed E-state index contributed by atoms with van der Waals surface area (Å²) in [7, 11) is 0. The molecule has 6 unspecified atom stereocenters. The third-order valence-electron chi connectivity index (χ3n) is 7.25. The molecule has 0 bridgehead atoms. The minimum atomic E-state index is 0.347. The van der Waals surface area contributed by atoms with Crippen LogP contribution in [0.4, 0.5) is 0 Å². The lowest BCUT2D eigenvalue weighted by molar-refractivity contribution is 0.108. The molecule has 3 heterocycles. The molecule has 2 aliphatic heterocycles. The van der Waals surface area contributed by atoms with Crippen LogP contribution in [0.1, 0.15) is 43.4 Å². The average Bonchev–Trinajstić information content (AvgIpc) is 3.02. The van der Waals surface area contributed by atoms with Crippen molar-refractivity contribution in [2.75, 3.05) is 6.54 Å². The second kappa shape index (κ2) is 3.53. The van der Waals surface area contributed by atoms with Crippen LogP contribution in [0, 0.1) is 11.8 Å². The summed E-state index contributed by atoms with van der Waals surface area (Å²) in [5.74, 6) is 4.01. The van der Waals surface area contributed by atoms with Crippen LogP contribution in [0.15, 0.2) is 22.6 Å². The Bertz CT molecular complexity index is 809. The number of hydrogen-bond donors (Lipinski definition) is 1. The van der Waals surface area contributed by atoms with E-state index in [-0.39, 0.29) is 0 Å². The van der Waals surface area contributed by atoms with Gasteiger partial charge in [-0.3, -0.25) is 4.90 Å². The van der Waals surface area contributed by atoms with Crippen molar-refractivity contribution in [3.63, 3.8) is 0 Å². The van der Waals surface area contributed by atoms with Gasteiger partial charge in [0.2, 0.25) is 0 Å². The third kappa shape index (κ3) is 1.08.